The lowest BCUT2D eigenvalue weighted by atomic mass is 9.90. The largest absolute Gasteiger partial charge is 0.347 e. The Balaban J connectivity index is 1.73. The van der Waals surface area contributed by atoms with E-state index >= 15 is 0 Å². The molecular formula is C24H39N3O4. The first-order valence-electron chi connectivity index (χ1n) is 11.8. The van der Waals surface area contributed by atoms with Gasteiger partial charge in [0.05, 0.1) is 6.04 Å². The van der Waals surface area contributed by atoms with Crippen molar-refractivity contribution in [3.05, 3.63) is 0 Å². The summed E-state index contributed by atoms with van der Waals surface area (Å²) < 4.78 is 0. The van der Waals surface area contributed by atoms with E-state index in [-0.39, 0.29) is 34.6 Å². The molecule has 1 heterocycles. The number of nitrogens with one attached hydrogen (secondary N) is 2. The van der Waals surface area contributed by atoms with Gasteiger partial charge in [-0.3, -0.25) is 19.2 Å². The number of hydrogen-bond donors (Lipinski definition) is 2. The molecule has 3 fully saturated rings. The standard InChI is InChI=1S/C24H39N3O4/c1-7-8-9-16(20(29)22(31)25-14-10-11-14)26-21(30)19-18-15(24(18,5)6)13-27(19)17(28)12-23(2,3)4/h14-16,18-19H,7-13H2,1-6H3,(H,25,31)(H,26,30). The number of carbonyl (C=O) groups is 4. The van der Waals surface area contributed by atoms with Crippen molar-refractivity contribution in [2.24, 2.45) is 22.7 Å². The van der Waals surface area contributed by atoms with E-state index in [1.165, 1.54) is 0 Å². The normalized spacial score (nSPS) is 27.3. The van der Waals surface area contributed by atoms with Crippen LogP contribution in [0.25, 0.3) is 0 Å². The number of piperidine rings is 1. The van der Waals surface area contributed by atoms with Crippen LogP contribution in [-0.4, -0.2) is 53.1 Å². The summed E-state index contributed by atoms with van der Waals surface area (Å²) >= 11 is 0. The fourth-order valence-electron chi connectivity index (χ4n) is 4.97. The molecule has 4 atom stereocenters. The zero-order chi connectivity index (χ0) is 23.1. The highest BCUT2D eigenvalue weighted by Gasteiger charge is 2.69. The highest BCUT2D eigenvalue weighted by Crippen LogP contribution is 2.65. The van der Waals surface area contributed by atoms with Gasteiger partial charge in [0.1, 0.15) is 6.04 Å². The topological polar surface area (TPSA) is 95.6 Å². The van der Waals surface area contributed by atoms with Gasteiger partial charge in [-0.25, -0.2) is 0 Å². The summed E-state index contributed by atoms with van der Waals surface area (Å²) in [6, 6.07) is -1.32. The van der Waals surface area contributed by atoms with Crippen molar-refractivity contribution in [2.45, 2.75) is 98.2 Å². The van der Waals surface area contributed by atoms with Gasteiger partial charge in [-0.2, -0.15) is 0 Å². The van der Waals surface area contributed by atoms with Crippen molar-refractivity contribution in [1.29, 1.82) is 0 Å². The molecule has 3 rings (SSSR count). The second kappa shape index (κ2) is 8.55. The molecule has 0 spiro atoms. The Bertz CT molecular complexity index is 750. The number of unbranched alkanes of at least 4 members (excludes halogenated alkanes) is 1. The fraction of sp³-hybridized carbons (Fsp3) is 0.833. The molecule has 3 amide bonds. The second-order valence-electron chi connectivity index (χ2n) is 11.5. The van der Waals surface area contributed by atoms with Gasteiger partial charge in [-0.1, -0.05) is 54.4 Å². The molecule has 1 aliphatic heterocycles. The lowest BCUT2D eigenvalue weighted by molar-refractivity contribution is -0.144. The van der Waals surface area contributed by atoms with E-state index in [1.807, 2.05) is 27.7 Å². The molecule has 31 heavy (non-hydrogen) atoms. The van der Waals surface area contributed by atoms with Gasteiger partial charge in [-0.15, -0.1) is 0 Å². The molecule has 0 aromatic carbocycles. The Morgan fingerprint density at radius 1 is 1.13 bits per heavy atom. The third kappa shape index (κ3) is 5.29. The van der Waals surface area contributed by atoms with Crippen LogP contribution in [0, 0.1) is 22.7 Å². The third-order valence-electron chi connectivity index (χ3n) is 7.09. The maximum absolute atomic E-state index is 13.4. The quantitative estimate of drug-likeness (QED) is 0.546. The van der Waals surface area contributed by atoms with E-state index in [0.29, 0.717) is 25.3 Å². The number of amides is 3. The molecule has 4 unspecified atom stereocenters. The molecule has 174 valence electrons. The van der Waals surface area contributed by atoms with E-state index < -0.39 is 23.8 Å². The predicted octanol–water partition coefficient (Wildman–Crippen LogP) is 2.43. The van der Waals surface area contributed by atoms with Gasteiger partial charge in [0, 0.05) is 19.0 Å². The summed E-state index contributed by atoms with van der Waals surface area (Å²) in [6.07, 6.45) is 4.20. The van der Waals surface area contributed by atoms with Gasteiger partial charge in [0.25, 0.3) is 5.91 Å². The summed E-state index contributed by atoms with van der Waals surface area (Å²) in [4.78, 5) is 53.2. The van der Waals surface area contributed by atoms with Crippen LogP contribution in [0.15, 0.2) is 0 Å². The maximum Gasteiger partial charge on any atom is 0.289 e. The number of rotatable bonds is 9. The van der Waals surface area contributed by atoms with E-state index in [4.69, 9.17) is 0 Å². The minimum absolute atomic E-state index is 0.00674. The van der Waals surface area contributed by atoms with Crippen molar-refractivity contribution >= 4 is 23.5 Å². The van der Waals surface area contributed by atoms with E-state index in [2.05, 4.69) is 24.5 Å². The van der Waals surface area contributed by atoms with Crippen LogP contribution in [0.5, 0.6) is 0 Å². The lowest BCUT2D eigenvalue weighted by Gasteiger charge is -2.33. The first-order valence-corrected chi connectivity index (χ1v) is 11.8. The van der Waals surface area contributed by atoms with Crippen molar-refractivity contribution in [3.63, 3.8) is 0 Å². The molecule has 1 saturated heterocycles. The van der Waals surface area contributed by atoms with Gasteiger partial charge in [-0.05, 0) is 41.9 Å². The number of ketones is 1. The smallest absolute Gasteiger partial charge is 0.289 e. The molecule has 0 radical (unpaired) electrons. The minimum Gasteiger partial charge on any atom is -0.347 e. The highest BCUT2D eigenvalue weighted by atomic mass is 16.2. The van der Waals surface area contributed by atoms with Crippen molar-refractivity contribution in [2.75, 3.05) is 6.54 Å². The summed E-state index contributed by atoms with van der Waals surface area (Å²) in [6.45, 7) is 12.9. The zero-order valence-electron chi connectivity index (χ0n) is 19.9. The monoisotopic (exact) mass is 433 g/mol. The number of nitrogens with zero attached hydrogens (tertiary/aromatic N) is 1. The molecule has 0 aromatic heterocycles. The fourth-order valence-corrected chi connectivity index (χ4v) is 4.97. The molecule has 2 saturated carbocycles. The van der Waals surface area contributed by atoms with Crippen molar-refractivity contribution in [1.82, 2.24) is 15.5 Å². The van der Waals surface area contributed by atoms with Crippen LogP contribution in [-0.2, 0) is 19.2 Å². The Kier molecular flexibility index (Phi) is 6.55. The maximum atomic E-state index is 13.4. The Morgan fingerprint density at radius 3 is 2.32 bits per heavy atom. The minimum atomic E-state index is -0.841. The van der Waals surface area contributed by atoms with Crippen LogP contribution in [0.4, 0.5) is 0 Å². The molecule has 2 N–H and O–H groups in total. The van der Waals surface area contributed by atoms with Gasteiger partial charge in [0.15, 0.2) is 0 Å². The Hall–Kier alpha value is -1.92. The average molecular weight is 434 g/mol. The number of Topliss-reactive ketones (excluding diaryl/α,β-unsaturated/α-hetero) is 1. The summed E-state index contributed by atoms with van der Waals surface area (Å²) in [5.41, 5.74) is -0.159. The Morgan fingerprint density at radius 2 is 1.77 bits per heavy atom. The van der Waals surface area contributed by atoms with E-state index in [1.54, 1.807) is 4.90 Å². The zero-order valence-corrected chi connectivity index (χ0v) is 19.9. The molecule has 0 aromatic rings. The molecule has 3 aliphatic rings. The van der Waals surface area contributed by atoms with Gasteiger partial charge >= 0.3 is 0 Å². The van der Waals surface area contributed by atoms with Crippen LogP contribution in [0.1, 0.15) is 80.1 Å². The third-order valence-corrected chi connectivity index (χ3v) is 7.09. The van der Waals surface area contributed by atoms with E-state index in [0.717, 1.165) is 25.7 Å². The summed E-state index contributed by atoms with van der Waals surface area (Å²) in [5.74, 6) is -1.10. The summed E-state index contributed by atoms with van der Waals surface area (Å²) in [7, 11) is 0. The van der Waals surface area contributed by atoms with Crippen molar-refractivity contribution < 1.29 is 19.2 Å². The SMILES string of the molecule is CCCCC(NC(=O)C1C2C(CN1C(=O)CC(C)(C)C)C2(C)C)C(=O)C(=O)NC1CC1. The van der Waals surface area contributed by atoms with Crippen LogP contribution in [0.2, 0.25) is 0 Å². The number of fused-ring (bicyclic) bond motifs is 1. The second-order valence-corrected chi connectivity index (χ2v) is 11.5. The molecule has 2 aliphatic carbocycles. The highest BCUT2D eigenvalue weighted by molar-refractivity contribution is 6.38. The van der Waals surface area contributed by atoms with Crippen LogP contribution < -0.4 is 10.6 Å². The molecule has 7 heteroatoms. The first-order chi connectivity index (χ1) is 14.4. The molecular weight excluding hydrogens is 394 g/mol. The predicted molar refractivity (Wildman–Crippen MR) is 118 cm³/mol. The molecule has 0 bridgehead atoms. The van der Waals surface area contributed by atoms with Gasteiger partial charge < -0.3 is 15.5 Å². The molecule has 7 nitrogen and oxygen atoms in total. The average Bonchev–Trinajstić information content (AvgIpc) is 3.49. The number of carbonyl (C=O) groups excluding carboxylic acids is 4. The van der Waals surface area contributed by atoms with Gasteiger partial charge in [0.2, 0.25) is 17.6 Å². The van der Waals surface area contributed by atoms with E-state index in [9.17, 15) is 19.2 Å². The van der Waals surface area contributed by atoms with Crippen LogP contribution in [0.3, 0.4) is 0 Å². The van der Waals surface area contributed by atoms with Crippen LogP contribution >= 0.6 is 0 Å². The Labute approximate surface area is 186 Å². The first kappa shape index (κ1) is 23.7. The lowest BCUT2D eigenvalue weighted by Crippen LogP contribution is -2.55. The number of likely N-dealkylation sites (tertiary alicyclic amines) is 1. The van der Waals surface area contributed by atoms with Crippen molar-refractivity contribution in [3.8, 4) is 0 Å². The summed E-state index contributed by atoms with van der Waals surface area (Å²) in [5, 5.41) is 5.60. The number of hydrogen-bond acceptors (Lipinski definition) is 4.